The molecule has 0 aromatic heterocycles. The highest BCUT2D eigenvalue weighted by molar-refractivity contribution is 5.81. The molecule has 19 heavy (non-hydrogen) atoms. The van der Waals surface area contributed by atoms with Crippen molar-refractivity contribution in [3.63, 3.8) is 0 Å². The Bertz CT molecular complexity index is 423. The van der Waals surface area contributed by atoms with Gasteiger partial charge in [0.2, 0.25) is 6.41 Å². The molecule has 0 radical (unpaired) electrons. The third-order valence-electron chi connectivity index (χ3n) is 4.38. The quantitative estimate of drug-likeness (QED) is 0.484. The molecule has 1 fully saturated rings. The molecule has 0 aromatic rings. The molecule has 3 aliphatic carbocycles. The molecule has 4 heteroatoms. The van der Waals surface area contributed by atoms with Gasteiger partial charge in [-0.1, -0.05) is 11.6 Å². The molecule has 1 N–H and O–H groups in total. The summed E-state index contributed by atoms with van der Waals surface area (Å²) in [4.78, 5) is 23.2. The normalized spacial score (nSPS) is 33.6. The molecule has 0 spiro atoms. The summed E-state index contributed by atoms with van der Waals surface area (Å²) in [6, 6.07) is 0. The Morgan fingerprint density at radius 1 is 1.32 bits per heavy atom. The van der Waals surface area contributed by atoms with E-state index >= 15 is 0 Å². The molecule has 2 bridgehead atoms. The molecule has 0 atom stereocenters. The van der Waals surface area contributed by atoms with Crippen molar-refractivity contribution >= 4 is 12.4 Å². The first-order valence-corrected chi connectivity index (χ1v) is 6.88. The summed E-state index contributed by atoms with van der Waals surface area (Å²) in [7, 11) is 0. The van der Waals surface area contributed by atoms with Gasteiger partial charge in [-0.3, -0.25) is 9.59 Å². The van der Waals surface area contributed by atoms with Crippen LogP contribution in [-0.2, 0) is 14.3 Å². The van der Waals surface area contributed by atoms with Crippen LogP contribution in [0.15, 0.2) is 11.6 Å². The average molecular weight is 265 g/mol. The summed E-state index contributed by atoms with van der Waals surface area (Å²) >= 11 is 0. The fourth-order valence-corrected chi connectivity index (χ4v) is 3.23. The Morgan fingerprint density at radius 3 is 2.32 bits per heavy atom. The maximum atomic E-state index is 12.4. The fourth-order valence-electron chi connectivity index (χ4n) is 3.23. The fraction of sp³-hybridized carbons (Fsp3) is 0.733. The topological polar surface area (TPSA) is 55.4 Å². The Labute approximate surface area is 114 Å². The van der Waals surface area contributed by atoms with Crippen LogP contribution in [0.25, 0.3) is 0 Å². The molecule has 0 aromatic carbocycles. The number of carbonyl (C=O) groups is 2. The van der Waals surface area contributed by atoms with Crippen LogP contribution < -0.4 is 5.32 Å². The highest BCUT2D eigenvalue weighted by atomic mass is 16.6. The summed E-state index contributed by atoms with van der Waals surface area (Å²) in [6.07, 6.45) is 5.91. The number of carbonyl (C=O) groups excluding carboxylic acids is 2. The molecule has 4 nitrogen and oxygen atoms in total. The summed E-state index contributed by atoms with van der Waals surface area (Å²) in [5.74, 6) is -0.126. The third kappa shape index (κ3) is 2.40. The SMILES string of the molecule is CC1=CC2(C(=O)OC(C)(C)C)CCC1(NC=O)CC2. The zero-order valence-corrected chi connectivity index (χ0v) is 12.2. The number of esters is 1. The van der Waals surface area contributed by atoms with E-state index in [1.807, 2.05) is 33.8 Å². The van der Waals surface area contributed by atoms with E-state index < -0.39 is 11.0 Å². The van der Waals surface area contributed by atoms with E-state index in [-0.39, 0.29) is 11.5 Å². The number of ether oxygens (including phenoxy) is 1. The van der Waals surface area contributed by atoms with Gasteiger partial charge in [-0.25, -0.2) is 0 Å². The van der Waals surface area contributed by atoms with Crippen molar-refractivity contribution in [3.8, 4) is 0 Å². The van der Waals surface area contributed by atoms with Crippen LogP contribution in [0.4, 0.5) is 0 Å². The largest absolute Gasteiger partial charge is 0.459 e. The number of hydrogen-bond acceptors (Lipinski definition) is 3. The van der Waals surface area contributed by atoms with Gasteiger partial charge < -0.3 is 10.1 Å². The average Bonchev–Trinajstić information content (AvgIpc) is 2.29. The van der Waals surface area contributed by atoms with Crippen LogP contribution in [-0.4, -0.2) is 23.5 Å². The van der Waals surface area contributed by atoms with Crippen LogP contribution >= 0.6 is 0 Å². The lowest BCUT2D eigenvalue weighted by Crippen LogP contribution is -2.56. The van der Waals surface area contributed by atoms with E-state index in [9.17, 15) is 9.59 Å². The lowest BCUT2D eigenvalue weighted by Gasteiger charge is -2.50. The molecule has 106 valence electrons. The molecule has 3 rings (SSSR count). The number of rotatable bonds is 3. The summed E-state index contributed by atoms with van der Waals surface area (Å²) in [6.45, 7) is 7.67. The number of nitrogens with one attached hydrogen (secondary N) is 1. The zero-order valence-electron chi connectivity index (χ0n) is 12.2. The minimum Gasteiger partial charge on any atom is -0.459 e. The Kier molecular flexibility index (Phi) is 3.23. The number of fused-ring (bicyclic) bond motifs is 2. The highest BCUT2D eigenvalue weighted by Crippen LogP contribution is 2.51. The van der Waals surface area contributed by atoms with Crippen molar-refractivity contribution < 1.29 is 14.3 Å². The lowest BCUT2D eigenvalue weighted by molar-refractivity contribution is -0.167. The van der Waals surface area contributed by atoms with E-state index in [1.165, 1.54) is 0 Å². The molecule has 0 unspecified atom stereocenters. The molecule has 1 saturated carbocycles. The van der Waals surface area contributed by atoms with E-state index in [2.05, 4.69) is 5.32 Å². The lowest BCUT2D eigenvalue weighted by atomic mass is 9.59. The van der Waals surface area contributed by atoms with Gasteiger partial charge in [0.05, 0.1) is 11.0 Å². The molecule has 1 amide bonds. The van der Waals surface area contributed by atoms with Gasteiger partial charge in [-0.15, -0.1) is 0 Å². The van der Waals surface area contributed by atoms with E-state index in [0.29, 0.717) is 0 Å². The smallest absolute Gasteiger partial charge is 0.316 e. The van der Waals surface area contributed by atoms with Crippen molar-refractivity contribution in [1.82, 2.24) is 5.32 Å². The molecule has 0 saturated heterocycles. The van der Waals surface area contributed by atoms with Crippen molar-refractivity contribution in [2.24, 2.45) is 5.41 Å². The number of amides is 1. The molecular weight excluding hydrogens is 242 g/mol. The molecular formula is C15H23NO3. The standard InChI is InChI=1S/C15H23NO3/c1-11-9-14(12(18)19-13(2,3)4)5-7-15(11,8-6-14)16-10-17/h9-10H,5-8H2,1-4H3,(H,16,17). The van der Waals surface area contributed by atoms with Crippen molar-refractivity contribution in [2.45, 2.75) is 64.5 Å². The molecule has 0 aliphatic heterocycles. The summed E-state index contributed by atoms with van der Waals surface area (Å²) in [5, 5.41) is 2.94. The predicted molar refractivity (Wildman–Crippen MR) is 72.4 cm³/mol. The predicted octanol–water partition coefficient (Wildman–Crippen LogP) is 2.33. The van der Waals surface area contributed by atoms with E-state index in [4.69, 9.17) is 4.74 Å². The van der Waals surface area contributed by atoms with Gasteiger partial charge in [0.25, 0.3) is 0 Å². The second kappa shape index (κ2) is 4.36. The van der Waals surface area contributed by atoms with Gasteiger partial charge >= 0.3 is 5.97 Å². The Hall–Kier alpha value is -1.32. The highest BCUT2D eigenvalue weighted by Gasteiger charge is 2.52. The van der Waals surface area contributed by atoms with Crippen LogP contribution in [0.3, 0.4) is 0 Å². The van der Waals surface area contributed by atoms with Crippen molar-refractivity contribution in [1.29, 1.82) is 0 Å². The first kappa shape index (κ1) is 14.1. The zero-order chi connectivity index (χ0) is 14.3. The Balaban J connectivity index is 2.25. The van der Waals surface area contributed by atoms with Crippen LogP contribution in [0, 0.1) is 5.41 Å². The number of hydrogen-bond donors (Lipinski definition) is 1. The summed E-state index contributed by atoms with van der Waals surface area (Å²) in [5.41, 5.74) is -0.0848. The van der Waals surface area contributed by atoms with Gasteiger partial charge in [-0.2, -0.15) is 0 Å². The van der Waals surface area contributed by atoms with Crippen molar-refractivity contribution in [3.05, 3.63) is 11.6 Å². The molecule has 0 heterocycles. The monoisotopic (exact) mass is 265 g/mol. The second-order valence-electron chi connectivity index (χ2n) is 6.83. The van der Waals surface area contributed by atoms with Crippen molar-refractivity contribution in [2.75, 3.05) is 0 Å². The van der Waals surface area contributed by atoms with Gasteiger partial charge in [0.15, 0.2) is 0 Å². The summed E-state index contributed by atoms with van der Waals surface area (Å²) < 4.78 is 5.56. The maximum Gasteiger partial charge on any atom is 0.316 e. The van der Waals surface area contributed by atoms with Crippen LogP contribution in [0.1, 0.15) is 53.4 Å². The first-order valence-electron chi connectivity index (χ1n) is 6.88. The minimum atomic E-state index is -0.482. The third-order valence-corrected chi connectivity index (χ3v) is 4.38. The first-order chi connectivity index (χ1) is 8.73. The van der Waals surface area contributed by atoms with Crippen LogP contribution in [0.2, 0.25) is 0 Å². The minimum absolute atomic E-state index is 0.126. The Morgan fingerprint density at radius 2 is 1.89 bits per heavy atom. The van der Waals surface area contributed by atoms with E-state index in [0.717, 1.165) is 37.7 Å². The van der Waals surface area contributed by atoms with Gasteiger partial charge in [-0.05, 0) is 53.4 Å². The maximum absolute atomic E-state index is 12.4. The van der Waals surface area contributed by atoms with Gasteiger partial charge in [0, 0.05) is 0 Å². The second-order valence-corrected chi connectivity index (χ2v) is 6.83. The molecule has 3 aliphatic rings. The van der Waals surface area contributed by atoms with E-state index in [1.54, 1.807) is 0 Å². The van der Waals surface area contributed by atoms with Crippen LogP contribution in [0.5, 0.6) is 0 Å². The van der Waals surface area contributed by atoms with Gasteiger partial charge in [0.1, 0.15) is 5.60 Å².